The number of hydrogen-bond acceptors (Lipinski definition) is 3. The van der Waals surface area contributed by atoms with Gasteiger partial charge in [0.1, 0.15) is 0 Å². The van der Waals surface area contributed by atoms with E-state index in [1.54, 1.807) is 0 Å². The van der Waals surface area contributed by atoms with E-state index in [4.69, 9.17) is 0 Å². The summed E-state index contributed by atoms with van der Waals surface area (Å²) in [5, 5.41) is 3.27. The lowest BCUT2D eigenvalue weighted by Crippen LogP contribution is -2.39. The number of rotatable bonds is 5. The number of sulfone groups is 1. The SMILES string of the molecule is CCCCS(=O)(=O)CC1CCCCN1. The molecule has 1 aliphatic heterocycles. The Bertz CT molecular complexity index is 243. The highest BCUT2D eigenvalue weighted by molar-refractivity contribution is 7.91. The molecule has 1 saturated heterocycles. The number of nitrogens with one attached hydrogen (secondary N) is 1. The van der Waals surface area contributed by atoms with Gasteiger partial charge >= 0.3 is 0 Å². The van der Waals surface area contributed by atoms with Crippen LogP contribution in [-0.4, -0.2) is 32.5 Å². The van der Waals surface area contributed by atoms with Gasteiger partial charge in [-0.2, -0.15) is 0 Å². The van der Waals surface area contributed by atoms with E-state index in [9.17, 15) is 8.42 Å². The molecule has 1 rings (SSSR count). The van der Waals surface area contributed by atoms with E-state index in [1.165, 1.54) is 12.8 Å². The van der Waals surface area contributed by atoms with E-state index < -0.39 is 9.84 Å². The minimum Gasteiger partial charge on any atom is -0.313 e. The molecule has 1 atom stereocenters. The molecule has 0 aromatic rings. The molecular formula is C10H21NO2S. The van der Waals surface area contributed by atoms with E-state index in [1.807, 2.05) is 6.92 Å². The van der Waals surface area contributed by atoms with Crippen molar-refractivity contribution in [2.45, 2.75) is 45.1 Å². The van der Waals surface area contributed by atoms with Crippen LogP contribution in [0.3, 0.4) is 0 Å². The maximum absolute atomic E-state index is 11.6. The lowest BCUT2D eigenvalue weighted by Gasteiger charge is -2.23. The zero-order valence-corrected chi connectivity index (χ0v) is 9.78. The van der Waals surface area contributed by atoms with E-state index >= 15 is 0 Å². The summed E-state index contributed by atoms with van der Waals surface area (Å²) in [5.41, 5.74) is 0. The minimum atomic E-state index is -2.81. The quantitative estimate of drug-likeness (QED) is 0.759. The summed E-state index contributed by atoms with van der Waals surface area (Å²) in [7, 11) is -2.81. The zero-order valence-electron chi connectivity index (χ0n) is 8.96. The minimum absolute atomic E-state index is 0.214. The predicted molar refractivity (Wildman–Crippen MR) is 59.2 cm³/mol. The Morgan fingerprint density at radius 3 is 2.71 bits per heavy atom. The van der Waals surface area contributed by atoms with Gasteiger partial charge in [0.15, 0.2) is 9.84 Å². The first-order valence-electron chi connectivity index (χ1n) is 5.58. The van der Waals surface area contributed by atoms with Gasteiger partial charge in [-0.1, -0.05) is 19.8 Å². The molecule has 0 spiro atoms. The van der Waals surface area contributed by atoms with Gasteiger partial charge in [0, 0.05) is 6.04 Å². The first-order valence-corrected chi connectivity index (χ1v) is 7.40. The molecule has 0 bridgehead atoms. The topological polar surface area (TPSA) is 46.2 Å². The summed E-state index contributed by atoms with van der Waals surface area (Å²) in [5.74, 6) is 0.703. The first kappa shape index (κ1) is 12.0. The molecule has 1 unspecified atom stereocenters. The molecule has 3 nitrogen and oxygen atoms in total. The zero-order chi connectivity index (χ0) is 10.4. The van der Waals surface area contributed by atoms with Gasteiger partial charge in [0.2, 0.25) is 0 Å². The normalized spacial score (nSPS) is 23.6. The average molecular weight is 219 g/mol. The molecule has 0 aromatic carbocycles. The molecule has 0 amide bonds. The van der Waals surface area contributed by atoms with Crippen molar-refractivity contribution in [3.8, 4) is 0 Å². The summed E-state index contributed by atoms with van der Waals surface area (Å²) in [6.45, 7) is 3.00. The van der Waals surface area contributed by atoms with Crippen LogP contribution in [0.5, 0.6) is 0 Å². The van der Waals surface area contributed by atoms with Gasteiger partial charge in [0.25, 0.3) is 0 Å². The van der Waals surface area contributed by atoms with Crippen LogP contribution in [0.4, 0.5) is 0 Å². The molecule has 0 saturated carbocycles. The summed E-state index contributed by atoms with van der Waals surface area (Å²) in [6.07, 6.45) is 5.13. The van der Waals surface area contributed by atoms with Gasteiger partial charge in [0.05, 0.1) is 11.5 Å². The Kier molecular flexibility index (Phi) is 4.89. The summed E-state index contributed by atoms with van der Waals surface area (Å²) in [6, 6.07) is 0.214. The second kappa shape index (κ2) is 5.71. The van der Waals surface area contributed by atoms with Crippen LogP contribution < -0.4 is 5.32 Å². The van der Waals surface area contributed by atoms with E-state index in [-0.39, 0.29) is 6.04 Å². The van der Waals surface area contributed by atoms with Crippen molar-refractivity contribution in [3.63, 3.8) is 0 Å². The van der Waals surface area contributed by atoms with Gasteiger partial charge in [-0.15, -0.1) is 0 Å². The van der Waals surface area contributed by atoms with Crippen LogP contribution in [0.2, 0.25) is 0 Å². The Balaban J connectivity index is 2.33. The van der Waals surface area contributed by atoms with Gasteiger partial charge in [-0.05, 0) is 25.8 Å². The Morgan fingerprint density at radius 1 is 1.36 bits per heavy atom. The maximum atomic E-state index is 11.6. The smallest absolute Gasteiger partial charge is 0.151 e. The van der Waals surface area contributed by atoms with Crippen molar-refractivity contribution in [1.29, 1.82) is 0 Å². The second-order valence-electron chi connectivity index (χ2n) is 4.11. The van der Waals surface area contributed by atoms with E-state index in [0.29, 0.717) is 11.5 Å². The third-order valence-corrected chi connectivity index (χ3v) is 4.50. The summed E-state index contributed by atoms with van der Waals surface area (Å²) >= 11 is 0. The fourth-order valence-corrected chi connectivity index (χ4v) is 3.61. The highest BCUT2D eigenvalue weighted by Crippen LogP contribution is 2.10. The molecule has 1 heterocycles. The highest BCUT2D eigenvalue weighted by Gasteiger charge is 2.20. The number of hydrogen-bond donors (Lipinski definition) is 1. The summed E-state index contributed by atoms with van der Waals surface area (Å²) < 4.78 is 23.2. The van der Waals surface area contributed by atoms with Gasteiger partial charge < -0.3 is 5.32 Å². The van der Waals surface area contributed by atoms with E-state index in [0.717, 1.165) is 25.8 Å². The molecule has 0 aromatic heterocycles. The van der Waals surface area contributed by atoms with Gasteiger partial charge in [-0.3, -0.25) is 0 Å². The Morgan fingerprint density at radius 2 is 2.14 bits per heavy atom. The molecule has 0 radical (unpaired) electrons. The Hall–Kier alpha value is -0.0900. The first-order chi connectivity index (χ1) is 6.64. The van der Waals surface area contributed by atoms with Crippen molar-refractivity contribution < 1.29 is 8.42 Å². The van der Waals surface area contributed by atoms with Crippen molar-refractivity contribution in [1.82, 2.24) is 5.32 Å². The summed E-state index contributed by atoms with van der Waals surface area (Å²) in [4.78, 5) is 0. The number of piperidine rings is 1. The third kappa shape index (κ3) is 4.42. The highest BCUT2D eigenvalue weighted by atomic mass is 32.2. The maximum Gasteiger partial charge on any atom is 0.151 e. The fourth-order valence-electron chi connectivity index (χ4n) is 1.82. The largest absolute Gasteiger partial charge is 0.313 e. The van der Waals surface area contributed by atoms with Gasteiger partial charge in [-0.25, -0.2) is 8.42 Å². The van der Waals surface area contributed by atoms with Crippen LogP contribution in [0.15, 0.2) is 0 Å². The lowest BCUT2D eigenvalue weighted by molar-refractivity contribution is 0.423. The van der Waals surface area contributed by atoms with Crippen LogP contribution in [0.25, 0.3) is 0 Å². The van der Waals surface area contributed by atoms with Crippen LogP contribution in [0, 0.1) is 0 Å². The molecule has 1 N–H and O–H groups in total. The molecule has 4 heteroatoms. The standard InChI is InChI=1S/C10H21NO2S/c1-2-3-8-14(12,13)9-10-6-4-5-7-11-10/h10-11H,2-9H2,1H3. The molecule has 84 valence electrons. The van der Waals surface area contributed by atoms with Crippen molar-refractivity contribution >= 4 is 9.84 Å². The third-order valence-electron chi connectivity index (χ3n) is 2.68. The van der Waals surface area contributed by atoms with Crippen molar-refractivity contribution in [3.05, 3.63) is 0 Å². The molecular weight excluding hydrogens is 198 g/mol. The van der Waals surface area contributed by atoms with Crippen LogP contribution in [-0.2, 0) is 9.84 Å². The predicted octanol–water partition coefficient (Wildman–Crippen LogP) is 1.34. The molecule has 1 aliphatic rings. The second-order valence-corrected chi connectivity index (χ2v) is 6.34. The monoisotopic (exact) mass is 219 g/mol. The molecule has 14 heavy (non-hydrogen) atoms. The average Bonchev–Trinajstić information content (AvgIpc) is 2.16. The van der Waals surface area contributed by atoms with Crippen LogP contribution >= 0.6 is 0 Å². The fraction of sp³-hybridized carbons (Fsp3) is 1.00. The van der Waals surface area contributed by atoms with Crippen molar-refractivity contribution in [2.24, 2.45) is 0 Å². The van der Waals surface area contributed by atoms with E-state index in [2.05, 4.69) is 5.32 Å². The molecule has 1 fully saturated rings. The Labute approximate surface area is 87.2 Å². The van der Waals surface area contributed by atoms with Crippen LogP contribution in [0.1, 0.15) is 39.0 Å². The molecule has 0 aliphatic carbocycles. The lowest BCUT2D eigenvalue weighted by atomic mass is 10.1. The van der Waals surface area contributed by atoms with Crippen molar-refractivity contribution in [2.75, 3.05) is 18.1 Å². The number of unbranched alkanes of at least 4 members (excludes halogenated alkanes) is 1.